The van der Waals surface area contributed by atoms with E-state index in [2.05, 4.69) is 0 Å². The molecule has 0 saturated carbocycles. The molecule has 3 nitrogen and oxygen atoms in total. The van der Waals surface area contributed by atoms with Crippen molar-refractivity contribution in [3.63, 3.8) is 0 Å². The van der Waals surface area contributed by atoms with Gasteiger partial charge in [-0.3, -0.25) is 0 Å². The Morgan fingerprint density at radius 3 is 1.00 bits per heavy atom. The SMILES string of the molecule is [C-]#N.[C-]#N.[O]=[Os]. The standard InChI is InChI=1S/2CN.O.Os/c2*1-2;;/q2*-1;;. The van der Waals surface area contributed by atoms with Crippen LogP contribution in [0.3, 0.4) is 0 Å². The van der Waals surface area contributed by atoms with Crippen LogP contribution in [-0.4, -0.2) is 0 Å². The predicted octanol–water partition coefficient (Wildman–Crippen LogP) is 0.0714. The molecule has 6 heavy (non-hydrogen) atoms. The van der Waals surface area contributed by atoms with E-state index in [-0.39, 0.29) is 0 Å². The first kappa shape index (κ1) is 18.1. The van der Waals surface area contributed by atoms with Crippen LogP contribution in [0.4, 0.5) is 0 Å². The fraction of sp³-hybridized carbons (Fsp3) is 0. The number of hydrogen-bond donors (Lipinski definition) is 0. The molecule has 0 heterocycles. The normalized spacial score (nSPS) is 1.50. The van der Waals surface area contributed by atoms with Gasteiger partial charge in [0.15, 0.2) is 0 Å². The van der Waals surface area contributed by atoms with E-state index >= 15 is 0 Å². The second-order valence-corrected chi connectivity index (χ2v) is 0. The molecule has 0 atom stereocenters. The maximum atomic E-state index is 8.28. The van der Waals surface area contributed by atoms with Crippen LogP contribution in [0.5, 0.6) is 0 Å². The Kier molecular flexibility index (Phi) is 456. The molecule has 4 heteroatoms. The van der Waals surface area contributed by atoms with Crippen molar-refractivity contribution >= 4 is 0 Å². The van der Waals surface area contributed by atoms with E-state index < -0.39 is 0 Å². The zero-order valence-corrected chi connectivity index (χ0v) is 5.20. The van der Waals surface area contributed by atoms with Gasteiger partial charge in [0, 0.05) is 0 Å². The van der Waals surface area contributed by atoms with Gasteiger partial charge in [-0.1, -0.05) is 0 Å². The molecule has 0 amide bonds. The van der Waals surface area contributed by atoms with Crippen molar-refractivity contribution < 1.29 is 22.1 Å². The Morgan fingerprint density at radius 1 is 1.00 bits per heavy atom. The molecule has 0 aromatic rings. The van der Waals surface area contributed by atoms with Crippen LogP contribution in [0.15, 0.2) is 0 Å². The van der Waals surface area contributed by atoms with Gasteiger partial charge in [0.25, 0.3) is 0 Å². The van der Waals surface area contributed by atoms with Crippen molar-refractivity contribution in [2.45, 2.75) is 0 Å². The van der Waals surface area contributed by atoms with Crippen molar-refractivity contribution in [3.8, 4) is 0 Å². The molecule has 34 valence electrons. The van der Waals surface area contributed by atoms with Crippen LogP contribution in [0, 0.1) is 23.7 Å². The zero-order valence-electron chi connectivity index (χ0n) is 2.66. The van der Waals surface area contributed by atoms with Crippen LogP contribution >= 0.6 is 0 Å². The topological polar surface area (TPSA) is 64.7 Å². The van der Waals surface area contributed by atoms with E-state index in [1.807, 2.05) is 0 Å². The Bertz CT molecular complexity index is 35.3. The van der Waals surface area contributed by atoms with Gasteiger partial charge in [-0.15, -0.1) is 0 Å². The van der Waals surface area contributed by atoms with Crippen LogP contribution in [-0.2, 0) is 22.1 Å². The van der Waals surface area contributed by atoms with Crippen molar-refractivity contribution in [2.75, 3.05) is 0 Å². The zero-order chi connectivity index (χ0) is 6.00. The molecule has 0 aromatic carbocycles. The first-order valence-corrected chi connectivity index (χ1v) is 1.63. The van der Waals surface area contributed by atoms with E-state index in [4.69, 9.17) is 27.2 Å². The Labute approximate surface area is 46.4 Å². The fourth-order valence-electron chi connectivity index (χ4n) is 0. The molecule has 0 aromatic heterocycles. The fourth-order valence-corrected chi connectivity index (χ4v) is 0. The van der Waals surface area contributed by atoms with Gasteiger partial charge in [-0.2, -0.15) is 0 Å². The van der Waals surface area contributed by atoms with E-state index in [1.165, 1.54) is 0 Å². The second kappa shape index (κ2) is 151. The van der Waals surface area contributed by atoms with Crippen LogP contribution < -0.4 is 0 Å². The van der Waals surface area contributed by atoms with Crippen LogP contribution in [0.1, 0.15) is 0 Å². The molecule has 0 saturated heterocycles. The first-order chi connectivity index (χ1) is 3.00. The molecule has 0 spiro atoms. The molecule has 0 unspecified atom stereocenters. The molecular formula is C2N2OOs-2. The monoisotopic (exact) mass is 260 g/mol. The van der Waals surface area contributed by atoms with Crippen molar-refractivity contribution in [2.24, 2.45) is 0 Å². The van der Waals surface area contributed by atoms with Gasteiger partial charge < -0.3 is 23.7 Å². The molecule has 0 N–H and O–H groups in total. The van der Waals surface area contributed by atoms with Gasteiger partial charge in [0.05, 0.1) is 0 Å². The Morgan fingerprint density at radius 2 is 1.00 bits per heavy atom. The van der Waals surface area contributed by atoms with E-state index in [9.17, 15) is 0 Å². The van der Waals surface area contributed by atoms with Gasteiger partial charge in [-0.05, 0) is 0 Å². The third-order valence-electron chi connectivity index (χ3n) is 0. The molecule has 0 radical (unpaired) electrons. The van der Waals surface area contributed by atoms with Gasteiger partial charge >= 0.3 is 22.1 Å². The summed E-state index contributed by atoms with van der Waals surface area (Å²) in [5.41, 5.74) is 0. The van der Waals surface area contributed by atoms with Crippen molar-refractivity contribution in [3.05, 3.63) is 13.1 Å². The quantitative estimate of drug-likeness (QED) is 0.578. The van der Waals surface area contributed by atoms with E-state index in [1.54, 1.807) is 0 Å². The minimum absolute atomic E-state index is 0.611. The third kappa shape index (κ3) is 58.6. The molecule has 0 fully saturated rings. The van der Waals surface area contributed by atoms with Crippen LogP contribution in [0.25, 0.3) is 0 Å². The average molecular weight is 258 g/mol. The van der Waals surface area contributed by atoms with Gasteiger partial charge in [0.1, 0.15) is 0 Å². The summed E-state index contributed by atoms with van der Waals surface area (Å²) in [5.74, 6) is 0. The van der Waals surface area contributed by atoms with Crippen LogP contribution in [0.2, 0.25) is 0 Å². The first-order valence-electron chi connectivity index (χ1n) is 0.592. The summed E-state index contributed by atoms with van der Waals surface area (Å²) in [7, 11) is 0. The number of nitrogens with zero attached hydrogens (tertiary/aromatic N) is 2. The van der Waals surface area contributed by atoms with E-state index in [0.717, 1.165) is 0 Å². The predicted molar refractivity (Wildman–Crippen MR) is 10.6 cm³/mol. The summed E-state index contributed by atoms with van der Waals surface area (Å²) in [6.07, 6.45) is 0. The maximum absolute atomic E-state index is 8.28. The molecule has 0 aliphatic heterocycles. The second-order valence-electron chi connectivity index (χ2n) is 0. The third-order valence-corrected chi connectivity index (χ3v) is 0. The summed E-state index contributed by atoms with van der Waals surface area (Å²) in [5, 5.41) is 12.5. The summed E-state index contributed by atoms with van der Waals surface area (Å²) < 4.78 is 8.28. The molecular weight excluding hydrogens is 258 g/mol. The summed E-state index contributed by atoms with van der Waals surface area (Å²) >= 11 is 0.611. The van der Waals surface area contributed by atoms with Gasteiger partial charge in [-0.25, -0.2) is 0 Å². The molecule has 0 bridgehead atoms. The summed E-state index contributed by atoms with van der Waals surface area (Å²) in [6.45, 7) is 9.50. The number of hydrogen-bond acceptors (Lipinski definition) is 3. The van der Waals surface area contributed by atoms with Gasteiger partial charge in [0.2, 0.25) is 0 Å². The summed E-state index contributed by atoms with van der Waals surface area (Å²) in [6, 6.07) is 0. The molecule has 0 aliphatic rings. The Hall–Kier alpha value is -0.584. The van der Waals surface area contributed by atoms with Crippen molar-refractivity contribution in [1.29, 1.82) is 10.5 Å². The molecule has 0 rings (SSSR count). The van der Waals surface area contributed by atoms with E-state index in [0.29, 0.717) is 18.6 Å². The summed E-state index contributed by atoms with van der Waals surface area (Å²) in [4.78, 5) is 0. The average Bonchev–Trinajstić information content (AvgIpc) is 1.81. The Balaban J connectivity index is -0.0000000225. The molecule has 0 aliphatic carbocycles. The minimum atomic E-state index is 0.611. The van der Waals surface area contributed by atoms with Crippen molar-refractivity contribution in [1.82, 2.24) is 0 Å². The number of rotatable bonds is 0.